The van der Waals surface area contributed by atoms with E-state index in [1.807, 2.05) is 0 Å². The van der Waals surface area contributed by atoms with Crippen LogP contribution in [-0.2, 0) is 4.74 Å². The standard InChI is InChI=1S/C12H14BrNO/c13-9-1-3-10(4-2-9)14-7-11-5-6-12(8-14)15-11/h1-4,11-12H,5-8H2/t11-,12+. The third-order valence-electron chi connectivity index (χ3n) is 3.24. The first kappa shape index (κ1) is 9.67. The van der Waals surface area contributed by atoms with E-state index < -0.39 is 0 Å². The van der Waals surface area contributed by atoms with E-state index in [9.17, 15) is 0 Å². The van der Waals surface area contributed by atoms with Gasteiger partial charge in [0.15, 0.2) is 0 Å². The quantitative estimate of drug-likeness (QED) is 0.776. The third kappa shape index (κ3) is 1.91. The van der Waals surface area contributed by atoms with Gasteiger partial charge in [0, 0.05) is 23.2 Å². The molecule has 0 N–H and O–H groups in total. The lowest BCUT2D eigenvalue weighted by Crippen LogP contribution is -2.42. The molecule has 0 saturated carbocycles. The molecule has 1 aromatic carbocycles. The van der Waals surface area contributed by atoms with Gasteiger partial charge in [-0.15, -0.1) is 0 Å². The lowest BCUT2D eigenvalue weighted by atomic mass is 10.2. The molecular formula is C12H14BrNO. The number of nitrogens with zero attached hydrogens (tertiary/aromatic N) is 1. The lowest BCUT2D eigenvalue weighted by molar-refractivity contribution is 0.0305. The smallest absolute Gasteiger partial charge is 0.0755 e. The van der Waals surface area contributed by atoms with Gasteiger partial charge in [-0.3, -0.25) is 0 Å². The highest BCUT2D eigenvalue weighted by molar-refractivity contribution is 9.10. The second-order valence-corrected chi connectivity index (χ2v) is 5.25. The number of benzene rings is 1. The van der Waals surface area contributed by atoms with Gasteiger partial charge in [0.25, 0.3) is 0 Å². The molecule has 2 heterocycles. The number of rotatable bonds is 1. The van der Waals surface area contributed by atoms with Crippen molar-refractivity contribution in [3.8, 4) is 0 Å². The van der Waals surface area contributed by atoms with E-state index >= 15 is 0 Å². The molecule has 3 rings (SSSR count). The number of fused-ring (bicyclic) bond motifs is 2. The molecule has 2 atom stereocenters. The molecule has 2 nitrogen and oxygen atoms in total. The fourth-order valence-corrected chi connectivity index (χ4v) is 2.74. The van der Waals surface area contributed by atoms with Gasteiger partial charge in [0.05, 0.1) is 12.2 Å². The largest absolute Gasteiger partial charge is 0.371 e. The van der Waals surface area contributed by atoms with Gasteiger partial charge >= 0.3 is 0 Å². The number of halogens is 1. The van der Waals surface area contributed by atoms with Gasteiger partial charge in [-0.05, 0) is 37.1 Å². The van der Waals surface area contributed by atoms with Crippen molar-refractivity contribution < 1.29 is 4.74 Å². The maximum absolute atomic E-state index is 5.82. The van der Waals surface area contributed by atoms with Crippen LogP contribution >= 0.6 is 15.9 Å². The molecule has 80 valence electrons. The Morgan fingerprint density at radius 1 is 1.07 bits per heavy atom. The molecule has 2 aliphatic heterocycles. The predicted molar refractivity (Wildman–Crippen MR) is 64.3 cm³/mol. The molecule has 2 saturated heterocycles. The minimum atomic E-state index is 0.465. The van der Waals surface area contributed by atoms with E-state index in [2.05, 4.69) is 45.1 Å². The minimum Gasteiger partial charge on any atom is -0.371 e. The van der Waals surface area contributed by atoms with E-state index in [1.54, 1.807) is 0 Å². The Morgan fingerprint density at radius 2 is 1.67 bits per heavy atom. The van der Waals surface area contributed by atoms with Crippen molar-refractivity contribution >= 4 is 21.6 Å². The lowest BCUT2D eigenvalue weighted by Gasteiger charge is -2.33. The third-order valence-corrected chi connectivity index (χ3v) is 3.76. The summed E-state index contributed by atoms with van der Waals surface area (Å²) >= 11 is 3.46. The second kappa shape index (κ2) is 3.80. The van der Waals surface area contributed by atoms with E-state index in [-0.39, 0.29) is 0 Å². The summed E-state index contributed by atoms with van der Waals surface area (Å²) in [6.07, 6.45) is 3.40. The van der Waals surface area contributed by atoms with Gasteiger partial charge < -0.3 is 9.64 Å². The van der Waals surface area contributed by atoms with Crippen molar-refractivity contribution in [2.75, 3.05) is 18.0 Å². The molecule has 0 radical (unpaired) electrons. The molecular weight excluding hydrogens is 254 g/mol. The Balaban J connectivity index is 1.80. The predicted octanol–water partition coefficient (Wildman–Crippen LogP) is 2.82. The molecule has 0 amide bonds. The van der Waals surface area contributed by atoms with Gasteiger partial charge in [-0.2, -0.15) is 0 Å². The summed E-state index contributed by atoms with van der Waals surface area (Å²) in [5, 5.41) is 0. The van der Waals surface area contributed by atoms with Gasteiger partial charge in [-0.1, -0.05) is 15.9 Å². The highest BCUT2D eigenvalue weighted by atomic mass is 79.9. The normalized spacial score (nSPS) is 29.5. The van der Waals surface area contributed by atoms with Crippen molar-refractivity contribution in [3.63, 3.8) is 0 Å². The van der Waals surface area contributed by atoms with Crippen molar-refractivity contribution in [1.29, 1.82) is 0 Å². The number of anilines is 1. The fraction of sp³-hybridized carbons (Fsp3) is 0.500. The zero-order chi connectivity index (χ0) is 10.3. The number of ether oxygens (including phenoxy) is 1. The van der Waals surface area contributed by atoms with Gasteiger partial charge in [0.1, 0.15) is 0 Å². The topological polar surface area (TPSA) is 12.5 Å². The van der Waals surface area contributed by atoms with Crippen molar-refractivity contribution in [2.24, 2.45) is 0 Å². The number of hydrogen-bond donors (Lipinski definition) is 0. The summed E-state index contributed by atoms with van der Waals surface area (Å²) < 4.78 is 6.96. The molecule has 2 fully saturated rings. The fourth-order valence-electron chi connectivity index (χ4n) is 2.48. The Bertz CT molecular complexity index is 339. The van der Waals surface area contributed by atoms with Crippen LogP contribution in [0.15, 0.2) is 28.7 Å². The Morgan fingerprint density at radius 3 is 2.27 bits per heavy atom. The molecule has 1 aromatic rings. The van der Waals surface area contributed by atoms with Crippen LogP contribution in [0.3, 0.4) is 0 Å². The highest BCUT2D eigenvalue weighted by Gasteiger charge is 2.33. The van der Waals surface area contributed by atoms with E-state index in [0.717, 1.165) is 17.6 Å². The average molecular weight is 268 g/mol. The Kier molecular flexibility index (Phi) is 2.45. The maximum Gasteiger partial charge on any atom is 0.0755 e. The summed E-state index contributed by atoms with van der Waals surface area (Å²) in [4.78, 5) is 2.44. The van der Waals surface area contributed by atoms with Crippen molar-refractivity contribution in [1.82, 2.24) is 0 Å². The van der Waals surface area contributed by atoms with Crippen LogP contribution in [0.1, 0.15) is 12.8 Å². The molecule has 3 heteroatoms. The van der Waals surface area contributed by atoms with Crippen LogP contribution < -0.4 is 4.90 Å². The van der Waals surface area contributed by atoms with Crippen LogP contribution in [0.5, 0.6) is 0 Å². The first-order chi connectivity index (χ1) is 7.31. The van der Waals surface area contributed by atoms with E-state index in [1.165, 1.54) is 18.5 Å². The highest BCUT2D eigenvalue weighted by Crippen LogP contribution is 2.29. The summed E-state index contributed by atoms with van der Waals surface area (Å²) in [6.45, 7) is 2.11. The molecule has 2 bridgehead atoms. The van der Waals surface area contributed by atoms with Crippen LogP contribution in [-0.4, -0.2) is 25.3 Å². The van der Waals surface area contributed by atoms with Gasteiger partial charge in [-0.25, -0.2) is 0 Å². The summed E-state index contributed by atoms with van der Waals surface area (Å²) in [7, 11) is 0. The van der Waals surface area contributed by atoms with E-state index in [0.29, 0.717) is 12.2 Å². The molecule has 0 unspecified atom stereocenters. The van der Waals surface area contributed by atoms with Crippen molar-refractivity contribution in [3.05, 3.63) is 28.7 Å². The molecule has 15 heavy (non-hydrogen) atoms. The van der Waals surface area contributed by atoms with Gasteiger partial charge in [0.2, 0.25) is 0 Å². The SMILES string of the molecule is Brc1ccc(N2C[C@H]3CC[C@@H](C2)O3)cc1. The van der Waals surface area contributed by atoms with Crippen LogP contribution in [0, 0.1) is 0 Å². The minimum absolute atomic E-state index is 0.465. The van der Waals surface area contributed by atoms with Crippen LogP contribution in [0.4, 0.5) is 5.69 Å². The monoisotopic (exact) mass is 267 g/mol. The zero-order valence-electron chi connectivity index (χ0n) is 8.53. The summed E-state index contributed by atoms with van der Waals surface area (Å²) in [5.74, 6) is 0. The summed E-state index contributed by atoms with van der Waals surface area (Å²) in [6, 6.07) is 8.56. The Hall–Kier alpha value is -0.540. The van der Waals surface area contributed by atoms with Crippen LogP contribution in [0.2, 0.25) is 0 Å². The Labute approximate surface area is 98.4 Å². The molecule has 0 aliphatic carbocycles. The first-order valence-electron chi connectivity index (χ1n) is 5.47. The average Bonchev–Trinajstić information content (AvgIpc) is 2.59. The first-order valence-corrected chi connectivity index (χ1v) is 6.26. The number of morpholine rings is 1. The van der Waals surface area contributed by atoms with Crippen LogP contribution in [0.25, 0.3) is 0 Å². The summed E-state index contributed by atoms with van der Waals surface area (Å²) in [5.41, 5.74) is 1.32. The zero-order valence-corrected chi connectivity index (χ0v) is 10.1. The maximum atomic E-state index is 5.82. The molecule has 2 aliphatic rings. The number of hydrogen-bond acceptors (Lipinski definition) is 2. The second-order valence-electron chi connectivity index (χ2n) is 4.34. The molecule has 0 aromatic heterocycles. The van der Waals surface area contributed by atoms with Crippen molar-refractivity contribution in [2.45, 2.75) is 25.0 Å². The van der Waals surface area contributed by atoms with E-state index in [4.69, 9.17) is 4.74 Å². The molecule has 0 spiro atoms.